The number of ether oxygens (including phenoxy) is 2. The number of halogens is 1. The summed E-state index contributed by atoms with van der Waals surface area (Å²) in [6.45, 7) is 0. The van der Waals surface area contributed by atoms with Gasteiger partial charge in [0.05, 0.1) is 18.9 Å². The SMILES string of the molecule is COc1ccc(CC(=O)Oc2ccc3c(=O)c(Cl)coc3c2)cc1. The third kappa shape index (κ3) is 3.41. The van der Waals surface area contributed by atoms with Gasteiger partial charge in [-0.05, 0) is 29.8 Å². The molecule has 1 heterocycles. The Kier molecular flexibility index (Phi) is 4.53. The quantitative estimate of drug-likeness (QED) is 0.534. The molecule has 0 amide bonds. The van der Waals surface area contributed by atoms with Crippen molar-refractivity contribution in [3.63, 3.8) is 0 Å². The molecule has 0 radical (unpaired) electrons. The van der Waals surface area contributed by atoms with E-state index in [1.54, 1.807) is 31.4 Å². The monoisotopic (exact) mass is 344 g/mol. The summed E-state index contributed by atoms with van der Waals surface area (Å²) in [5.74, 6) is 0.595. The predicted octanol–water partition coefficient (Wildman–Crippen LogP) is 3.60. The van der Waals surface area contributed by atoms with Crippen LogP contribution in [0.3, 0.4) is 0 Å². The van der Waals surface area contributed by atoms with Crippen LogP contribution in [-0.2, 0) is 11.2 Å². The molecule has 0 aliphatic carbocycles. The minimum Gasteiger partial charge on any atom is -0.497 e. The molecule has 0 aliphatic rings. The molecule has 0 bridgehead atoms. The number of hydrogen-bond acceptors (Lipinski definition) is 5. The highest BCUT2D eigenvalue weighted by molar-refractivity contribution is 6.30. The molecule has 0 aliphatic heterocycles. The lowest BCUT2D eigenvalue weighted by molar-refractivity contribution is -0.133. The van der Waals surface area contributed by atoms with Crippen molar-refractivity contribution < 1.29 is 18.7 Å². The van der Waals surface area contributed by atoms with Gasteiger partial charge in [0, 0.05) is 6.07 Å². The Morgan fingerprint density at radius 2 is 1.83 bits per heavy atom. The van der Waals surface area contributed by atoms with Gasteiger partial charge in [-0.3, -0.25) is 9.59 Å². The summed E-state index contributed by atoms with van der Waals surface area (Å²) in [7, 11) is 1.58. The Hall–Kier alpha value is -2.79. The number of benzene rings is 2. The maximum atomic E-state index is 12.0. The van der Waals surface area contributed by atoms with Gasteiger partial charge in [-0.2, -0.15) is 0 Å². The number of rotatable bonds is 4. The molecule has 0 atom stereocenters. The van der Waals surface area contributed by atoms with Crippen LogP contribution < -0.4 is 14.9 Å². The van der Waals surface area contributed by atoms with E-state index < -0.39 is 5.97 Å². The van der Waals surface area contributed by atoms with Gasteiger partial charge in [-0.25, -0.2) is 0 Å². The summed E-state index contributed by atoms with van der Waals surface area (Å²) in [5.41, 5.74) is 0.785. The van der Waals surface area contributed by atoms with Crippen LogP contribution in [0.15, 0.2) is 57.9 Å². The Morgan fingerprint density at radius 3 is 2.54 bits per heavy atom. The van der Waals surface area contributed by atoms with Crippen molar-refractivity contribution in [1.82, 2.24) is 0 Å². The highest BCUT2D eigenvalue weighted by atomic mass is 35.5. The van der Waals surface area contributed by atoms with Crippen LogP contribution in [0.2, 0.25) is 5.02 Å². The highest BCUT2D eigenvalue weighted by Gasteiger charge is 2.10. The minimum absolute atomic E-state index is 0.00625. The van der Waals surface area contributed by atoms with E-state index in [1.165, 1.54) is 18.2 Å². The third-order valence-electron chi connectivity index (χ3n) is 3.44. The van der Waals surface area contributed by atoms with E-state index in [-0.39, 0.29) is 16.9 Å². The lowest BCUT2D eigenvalue weighted by atomic mass is 10.1. The Morgan fingerprint density at radius 1 is 1.12 bits per heavy atom. The predicted molar refractivity (Wildman–Crippen MR) is 89.8 cm³/mol. The second-order valence-corrected chi connectivity index (χ2v) is 5.48. The fourth-order valence-corrected chi connectivity index (χ4v) is 2.37. The summed E-state index contributed by atoms with van der Waals surface area (Å²) in [5, 5.41) is 0.337. The molecular formula is C18H13ClO5. The number of fused-ring (bicyclic) bond motifs is 1. The van der Waals surface area contributed by atoms with Crippen LogP contribution in [0, 0.1) is 0 Å². The largest absolute Gasteiger partial charge is 0.497 e. The van der Waals surface area contributed by atoms with Gasteiger partial charge >= 0.3 is 5.97 Å². The molecule has 6 heteroatoms. The molecule has 1 aromatic heterocycles. The molecule has 122 valence electrons. The third-order valence-corrected chi connectivity index (χ3v) is 3.70. The van der Waals surface area contributed by atoms with Crippen molar-refractivity contribution in [3.05, 3.63) is 69.5 Å². The van der Waals surface area contributed by atoms with Crippen molar-refractivity contribution in [2.45, 2.75) is 6.42 Å². The normalized spacial score (nSPS) is 10.6. The number of methoxy groups -OCH3 is 1. The Labute approximate surface area is 142 Å². The fraction of sp³-hybridized carbons (Fsp3) is 0.111. The van der Waals surface area contributed by atoms with Crippen LogP contribution in [0.1, 0.15) is 5.56 Å². The van der Waals surface area contributed by atoms with Crippen molar-refractivity contribution in [3.8, 4) is 11.5 Å². The molecular weight excluding hydrogens is 332 g/mol. The Bertz CT molecular complexity index is 944. The molecule has 3 rings (SSSR count). The van der Waals surface area contributed by atoms with Gasteiger partial charge in [0.1, 0.15) is 28.4 Å². The second kappa shape index (κ2) is 6.76. The lowest BCUT2D eigenvalue weighted by Crippen LogP contribution is -2.11. The van der Waals surface area contributed by atoms with E-state index in [1.807, 2.05) is 0 Å². The molecule has 0 saturated heterocycles. The van der Waals surface area contributed by atoms with Crippen LogP contribution in [0.4, 0.5) is 0 Å². The average Bonchev–Trinajstić information content (AvgIpc) is 2.59. The van der Waals surface area contributed by atoms with Gasteiger partial charge < -0.3 is 13.9 Å². The lowest BCUT2D eigenvalue weighted by Gasteiger charge is -2.06. The van der Waals surface area contributed by atoms with E-state index in [4.69, 9.17) is 25.5 Å². The first-order valence-electron chi connectivity index (χ1n) is 7.11. The van der Waals surface area contributed by atoms with Gasteiger partial charge in [-0.15, -0.1) is 0 Å². The van der Waals surface area contributed by atoms with Gasteiger partial charge in [0.2, 0.25) is 5.43 Å². The molecule has 5 nitrogen and oxygen atoms in total. The minimum atomic E-state index is -0.421. The first-order chi connectivity index (χ1) is 11.6. The standard InChI is InChI=1S/C18H13ClO5/c1-22-12-4-2-11(3-5-12)8-17(20)24-13-6-7-14-16(9-13)23-10-15(19)18(14)21/h2-7,9-10H,8H2,1H3. The molecule has 0 saturated carbocycles. The van der Waals surface area contributed by atoms with Crippen LogP contribution in [0.5, 0.6) is 11.5 Å². The first kappa shape index (κ1) is 16.1. The summed E-state index contributed by atoms with van der Waals surface area (Å²) < 4.78 is 15.6. The van der Waals surface area contributed by atoms with E-state index >= 15 is 0 Å². The van der Waals surface area contributed by atoms with Crippen LogP contribution >= 0.6 is 11.6 Å². The average molecular weight is 345 g/mol. The summed E-state index contributed by atoms with van der Waals surface area (Å²) in [4.78, 5) is 23.9. The molecule has 24 heavy (non-hydrogen) atoms. The molecule has 0 unspecified atom stereocenters. The van der Waals surface area contributed by atoms with Gasteiger partial charge in [-0.1, -0.05) is 23.7 Å². The highest BCUT2D eigenvalue weighted by Crippen LogP contribution is 2.21. The Balaban J connectivity index is 1.75. The van der Waals surface area contributed by atoms with Gasteiger partial charge in [0.15, 0.2) is 0 Å². The fourth-order valence-electron chi connectivity index (χ4n) is 2.23. The van der Waals surface area contributed by atoms with Crippen molar-refractivity contribution in [2.75, 3.05) is 7.11 Å². The van der Waals surface area contributed by atoms with Crippen molar-refractivity contribution in [2.24, 2.45) is 0 Å². The molecule has 0 N–H and O–H groups in total. The topological polar surface area (TPSA) is 65.7 Å². The summed E-state index contributed by atoms with van der Waals surface area (Å²) in [6, 6.07) is 11.7. The zero-order chi connectivity index (χ0) is 17.1. The van der Waals surface area contributed by atoms with E-state index in [2.05, 4.69) is 0 Å². The molecule has 3 aromatic rings. The summed E-state index contributed by atoms with van der Waals surface area (Å²) >= 11 is 5.72. The number of carbonyl (C=O) groups is 1. The van der Waals surface area contributed by atoms with Crippen LogP contribution in [-0.4, -0.2) is 13.1 Å². The van der Waals surface area contributed by atoms with Crippen molar-refractivity contribution >= 4 is 28.5 Å². The van der Waals surface area contributed by atoms with E-state index in [0.717, 1.165) is 17.6 Å². The van der Waals surface area contributed by atoms with Crippen LogP contribution in [0.25, 0.3) is 11.0 Å². The van der Waals surface area contributed by atoms with Gasteiger partial charge in [0.25, 0.3) is 0 Å². The number of carbonyl (C=O) groups excluding carboxylic acids is 1. The number of hydrogen-bond donors (Lipinski definition) is 0. The maximum Gasteiger partial charge on any atom is 0.315 e. The second-order valence-electron chi connectivity index (χ2n) is 5.07. The van der Waals surface area contributed by atoms with E-state index in [9.17, 15) is 9.59 Å². The van der Waals surface area contributed by atoms with E-state index in [0.29, 0.717) is 16.7 Å². The maximum absolute atomic E-state index is 12.0. The van der Waals surface area contributed by atoms with Crippen molar-refractivity contribution in [1.29, 1.82) is 0 Å². The summed E-state index contributed by atoms with van der Waals surface area (Å²) in [6.07, 6.45) is 1.28. The molecule has 0 fully saturated rings. The molecule has 0 spiro atoms. The zero-order valence-corrected chi connectivity index (χ0v) is 13.5. The first-order valence-corrected chi connectivity index (χ1v) is 7.49. The molecule has 2 aromatic carbocycles. The zero-order valence-electron chi connectivity index (χ0n) is 12.7. The smallest absolute Gasteiger partial charge is 0.315 e. The number of esters is 1.